The summed E-state index contributed by atoms with van der Waals surface area (Å²) in [6.07, 6.45) is 6.79. The molecule has 0 fully saturated rings. The maximum Gasteiger partial charge on any atom is 0.137 e. The molecule has 3 aromatic rings. The molecule has 0 aliphatic heterocycles. The molecule has 118 valence electrons. The first-order valence-electron chi connectivity index (χ1n) is 7.19. The number of nitrogens with zero attached hydrogens (tertiary/aromatic N) is 3. The molecule has 0 aliphatic carbocycles. The van der Waals surface area contributed by atoms with Gasteiger partial charge in [0, 0.05) is 22.4 Å². The standard InChI is InChI=1S/C17H15Cl2N3O/c18-15-2-1-3-16(19)14(15)6-4-12-5-7-17(20-8-12)22-9-13(10-23)21-11-22/h1-3,5,7-9,11,23H,4,6,10H2. The molecule has 0 saturated carbocycles. The van der Waals surface area contributed by atoms with Crippen LogP contribution >= 0.6 is 23.2 Å². The Labute approximate surface area is 144 Å². The SMILES string of the molecule is OCc1cn(-c2ccc(CCc3c(Cl)cccc3Cl)cn2)cn1. The summed E-state index contributed by atoms with van der Waals surface area (Å²) in [4.78, 5) is 8.50. The molecular formula is C17H15Cl2N3O. The molecule has 2 heterocycles. The van der Waals surface area contributed by atoms with Crippen molar-refractivity contribution in [2.75, 3.05) is 0 Å². The van der Waals surface area contributed by atoms with Crippen molar-refractivity contribution >= 4 is 23.2 Å². The monoisotopic (exact) mass is 347 g/mol. The largest absolute Gasteiger partial charge is 0.390 e. The number of aliphatic hydroxyl groups is 1. The summed E-state index contributed by atoms with van der Waals surface area (Å²) in [7, 11) is 0. The first-order valence-corrected chi connectivity index (χ1v) is 7.95. The van der Waals surface area contributed by atoms with Crippen molar-refractivity contribution in [1.29, 1.82) is 0 Å². The zero-order valence-corrected chi connectivity index (χ0v) is 13.8. The normalized spacial score (nSPS) is 10.9. The Morgan fingerprint density at radius 2 is 1.78 bits per heavy atom. The van der Waals surface area contributed by atoms with E-state index >= 15 is 0 Å². The van der Waals surface area contributed by atoms with Crippen molar-refractivity contribution in [3.63, 3.8) is 0 Å². The Morgan fingerprint density at radius 3 is 2.39 bits per heavy atom. The van der Waals surface area contributed by atoms with E-state index in [9.17, 15) is 0 Å². The van der Waals surface area contributed by atoms with Crippen LogP contribution < -0.4 is 0 Å². The van der Waals surface area contributed by atoms with Gasteiger partial charge in [0.15, 0.2) is 0 Å². The van der Waals surface area contributed by atoms with Crippen molar-refractivity contribution in [1.82, 2.24) is 14.5 Å². The average molecular weight is 348 g/mol. The van der Waals surface area contributed by atoms with Crippen LogP contribution in [0.2, 0.25) is 10.0 Å². The van der Waals surface area contributed by atoms with Crippen molar-refractivity contribution in [3.8, 4) is 5.82 Å². The van der Waals surface area contributed by atoms with Crippen molar-refractivity contribution in [2.45, 2.75) is 19.4 Å². The molecule has 0 bridgehead atoms. The van der Waals surface area contributed by atoms with Gasteiger partial charge in [0.1, 0.15) is 12.1 Å². The highest BCUT2D eigenvalue weighted by Gasteiger charge is 2.06. The van der Waals surface area contributed by atoms with E-state index in [0.29, 0.717) is 15.7 Å². The Bertz CT molecular complexity index is 780. The van der Waals surface area contributed by atoms with E-state index in [4.69, 9.17) is 28.3 Å². The summed E-state index contributed by atoms with van der Waals surface area (Å²) in [5.74, 6) is 0.761. The van der Waals surface area contributed by atoms with E-state index in [1.165, 1.54) is 0 Å². The predicted octanol–water partition coefficient (Wildman–Crippen LogP) is 3.85. The molecule has 0 radical (unpaired) electrons. The summed E-state index contributed by atoms with van der Waals surface area (Å²) >= 11 is 12.4. The molecule has 0 aliphatic rings. The molecule has 6 heteroatoms. The second kappa shape index (κ2) is 7.13. The van der Waals surface area contributed by atoms with Gasteiger partial charge in [-0.15, -0.1) is 0 Å². The number of hydrogen-bond acceptors (Lipinski definition) is 3. The first-order chi connectivity index (χ1) is 11.2. The third-order valence-corrected chi connectivity index (χ3v) is 4.31. The predicted molar refractivity (Wildman–Crippen MR) is 91.2 cm³/mol. The molecule has 0 unspecified atom stereocenters. The van der Waals surface area contributed by atoms with Crippen LogP contribution in [0.25, 0.3) is 5.82 Å². The molecule has 0 saturated heterocycles. The average Bonchev–Trinajstić information content (AvgIpc) is 3.04. The maximum absolute atomic E-state index is 9.05. The van der Waals surface area contributed by atoms with E-state index < -0.39 is 0 Å². The molecular weight excluding hydrogens is 333 g/mol. The van der Waals surface area contributed by atoms with E-state index in [0.717, 1.165) is 29.8 Å². The highest BCUT2D eigenvalue weighted by atomic mass is 35.5. The zero-order chi connectivity index (χ0) is 16.2. The van der Waals surface area contributed by atoms with Gasteiger partial charge in [-0.05, 0) is 42.2 Å². The number of hydrogen-bond donors (Lipinski definition) is 1. The fourth-order valence-corrected chi connectivity index (χ4v) is 2.91. The lowest BCUT2D eigenvalue weighted by molar-refractivity contribution is 0.277. The van der Waals surface area contributed by atoms with Crippen LogP contribution in [0.1, 0.15) is 16.8 Å². The van der Waals surface area contributed by atoms with E-state index in [2.05, 4.69) is 9.97 Å². The van der Waals surface area contributed by atoms with Gasteiger partial charge >= 0.3 is 0 Å². The summed E-state index contributed by atoms with van der Waals surface area (Å²) < 4.78 is 1.78. The van der Waals surface area contributed by atoms with Crippen LogP contribution in [0.5, 0.6) is 0 Å². The topological polar surface area (TPSA) is 50.9 Å². The second-order valence-electron chi connectivity index (χ2n) is 5.16. The van der Waals surface area contributed by atoms with Gasteiger partial charge in [0.2, 0.25) is 0 Å². The van der Waals surface area contributed by atoms with Crippen LogP contribution in [0.15, 0.2) is 49.1 Å². The number of aryl methyl sites for hydroxylation is 1. The summed E-state index contributed by atoms with van der Waals surface area (Å²) in [6, 6.07) is 9.48. The van der Waals surface area contributed by atoms with Gasteiger partial charge in [-0.3, -0.25) is 4.57 Å². The minimum atomic E-state index is -0.0797. The number of aromatic nitrogens is 3. The number of benzene rings is 1. The number of halogens is 2. The van der Waals surface area contributed by atoms with Gasteiger partial charge in [0.25, 0.3) is 0 Å². The van der Waals surface area contributed by atoms with Crippen LogP contribution in [0.3, 0.4) is 0 Å². The Balaban J connectivity index is 1.70. The highest BCUT2D eigenvalue weighted by molar-refractivity contribution is 6.35. The fraction of sp³-hybridized carbons (Fsp3) is 0.176. The molecule has 1 aromatic carbocycles. The lowest BCUT2D eigenvalue weighted by Crippen LogP contribution is -1.98. The summed E-state index contributed by atoms with van der Waals surface area (Å²) in [5.41, 5.74) is 2.68. The summed E-state index contributed by atoms with van der Waals surface area (Å²) in [5, 5.41) is 10.4. The third kappa shape index (κ3) is 3.72. The van der Waals surface area contributed by atoms with Crippen molar-refractivity contribution < 1.29 is 5.11 Å². The van der Waals surface area contributed by atoms with Gasteiger partial charge in [-0.2, -0.15) is 0 Å². The van der Waals surface area contributed by atoms with E-state index in [1.807, 2.05) is 36.5 Å². The molecule has 23 heavy (non-hydrogen) atoms. The van der Waals surface area contributed by atoms with Crippen LogP contribution in [0, 0.1) is 0 Å². The van der Waals surface area contributed by atoms with E-state index in [-0.39, 0.29) is 6.61 Å². The lowest BCUT2D eigenvalue weighted by Gasteiger charge is -2.07. The molecule has 0 spiro atoms. The van der Waals surface area contributed by atoms with Crippen LogP contribution in [-0.4, -0.2) is 19.6 Å². The number of imidazole rings is 1. The molecule has 1 N–H and O–H groups in total. The molecule has 0 amide bonds. The third-order valence-electron chi connectivity index (χ3n) is 3.60. The second-order valence-corrected chi connectivity index (χ2v) is 5.97. The van der Waals surface area contributed by atoms with Gasteiger partial charge < -0.3 is 5.11 Å². The molecule has 2 aromatic heterocycles. The van der Waals surface area contributed by atoms with Crippen LogP contribution in [-0.2, 0) is 19.4 Å². The van der Waals surface area contributed by atoms with Crippen LogP contribution in [0.4, 0.5) is 0 Å². The Hall–Kier alpha value is -1.88. The number of aliphatic hydroxyl groups excluding tert-OH is 1. The smallest absolute Gasteiger partial charge is 0.137 e. The minimum Gasteiger partial charge on any atom is -0.390 e. The maximum atomic E-state index is 9.05. The minimum absolute atomic E-state index is 0.0797. The Kier molecular flexibility index (Phi) is 4.96. The lowest BCUT2D eigenvalue weighted by atomic mass is 10.1. The quantitative estimate of drug-likeness (QED) is 0.762. The number of rotatable bonds is 5. The highest BCUT2D eigenvalue weighted by Crippen LogP contribution is 2.25. The molecule has 0 atom stereocenters. The first kappa shape index (κ1) is 16.0. The van der Waals surface area contributed by atoms with Gasteiger partial charge in [-0.1, -0.05) is 35.3 Å². The zero-order valence-electron chi connectivity index (χ0n) is 12.3. The van der Waals surface area contributed by atoms with E-state index in [1.54, 1.807) is 17.1 Å². The summed E-state index contributed by atoms with van der Waals surface area (Å²) in [6.45, 7) is -0.0797. The van der Waals surface area contributed by atoms with Crippen molar-refractivity contribution in [3.05, 3.63) is 75.9 Å². The fourth-order valence-electron chi connectivity index (χ4n) is 2.33. The number of pyridine rings is 1. The van der Waals surface area contributed by atoms with Gasteiger partial charge in [-0.25, -0.2) is 9.97 Å². The van der Waals surface area contributed by atoms with Gasteiger partial charge in [0.05, 0.1) is 12.3 Å². The van der Waals surface area contributed by atoms with Crippen molar-refractivity contribution in [2.24, 2.45) is 0 Å². The molecule has 3 rings (SSSR count). The molecule has 4 nitrogen and oxygen atoms in total. The Morgan fingerprint density at radius 1 is 1.00 bits per heavy atom.